The van der Waals surface area contributed by atoms with Crippen LogP contribution in [0.3, 0.4) is 0 Å². The molecule has 0 fully saturated rings. The summed E-state index contributed by atoms with van der Waals surface area (Å²) < 4.78 is 29.6. The Balaban J connectivity index is 2.04. The first kappa shape index (κ1) is 18.6. The predicted octanol–water partition coefficient (Wildman–Crippen LogP) is 5.56. The highest BCUT2D eigenvalue weighted by atomic mass is 35.5. The van der Waals surface area contributed by atoms with Crippen molar-refractivity contribution in [3.63, 3.8) is 0 Å². The van der Waals surface area contributed by atoms with Gasteiger partial charge in [0.25, 0.3) is 10.0 Å². The second kappa shape index (κ2) is 8.45. The fraction of sp³-hybridized carbons (Fsp3) is 0. The van der Waals surface area contributed by atoms with Crippen molar-refractivity contribution in [1.29, 1.82) is 0 Å². The second-order valence-corrected chi connectivity index (χ2v) is 9.17. The molecule has 1 atom stereocenters. The molecule has 3 rings (SSSR count). The van der Waals surface area contributed by atoms with E-state index in [2.05, 4.69) is 3.77 Å². The Hall–Kier alpha value is -2.21. The minimum absolute atomic E-state index is 0.128. The van der Waals surface area contributed by atoms with Gasteiger partial charge in [-0.25, -0.2) is 0 Å². The molecule has 0 heterocycles. The van der Waals surface area contributed by atoms with E-state index < -0.39 is 20.7 Å². The largest absolute Gasteiger partial charge is 0.288 e. The van der Waals surface area contributed by atoms with Crippen molar-refractivity contribution in [2.45, 2.75) is 9.79 Å². The standard InChI is InChI=1S/C20H16ClNO2S2/c21-18-11-13-20(14-12-18)26(23,24)22-25(19-9-5-2-6-10-19)16-15-17-7-3-1-4-8-17/h1-16H/b16-15+. The molecule has 0 aliphatic carbocycles. The van der Waals surface area contributed by atoms with E-state index in [-0.39, 0.29) is 4.90 Å². The highest BCUT2D eigenvalue weighted by molar-refractivity contribution is 8.01. The van der Waals surface area contributed by atoms with Crippen LogP contribution in [-0.4, -0.2) is 8.42 Å². The van der Waals surface area contributed by atoms with Gasteiger partial charge in [-0.1, -0.05) is 60.1 Å². The second-order valence-electron chi connectivity index (χ2n) is 5.34. The molecule has 0 spiro atoms. The zero-order valence-corrected chi connectivity index (χ0v) is 16.1. The minimum Gasteiger partial charge on any atom is -0.199 e. The summed E-state index contributed by atoms with van der Waals surface area (Å²) in [4.78, 5) is 0.959. The number of halogens is 1. The van der Waals surface area contributed by atoms with Crippen LogP contribution in [0, 0.1) is 0 Å². The summed E-state index contributed by atoms with van der Waals surface area (Å²) >= 11 is 5.85. The molecule has 0 aliphatic heterocycles. The fourth-order valence-electron chi connectivity index (χ4n) is 2.17. The molecule has 3 aromatic carbocycles. The molecular formula is C20H16ClNO2S2. The fourth-order valence-corrected chi connectivity index (χ4v) is 5.39. The molecule has 0 N–H and O–H groups in total. The first-order chi connectivity index (χ1) is 12.5. The third kappa shape index (κ3) is 4.91. The van der Waals surface area contributed by atoms with Crippen LogP contribution in [0.1, 0.15) is 5.56 Å². The number of hydrogen-bond donors (Lipinski definition) is 0. The van der Waals surface area contributed by atoms with Crippen molar-refractivity contribution in [1.82, 2.24) is 0 Å². The Labute approximate surface area is 161 Å². The Morgan fingerprint density at radius 3 is 2.00 bits per heavy atom. The van der Waals surface area contributed by atoms with Crippen LogP contribution >= 0.6 is 11.6 Å². The summed E-state index contributed by atoms with van der Waals surface area (Å²) in [5.74, 6) is 0. The summed E-state index contributed by atoms with van der Waals surface area (Å²) in [5, 5.41) is 2.30. The van der Waals surface area contributed by atoms with Crippen molar-refractivity contribution < 1.29 is 8.42 Å². The maximum absolute atomic E-state index is 12.7. The molecular weight excluding hydrogens is 386 g/mol. The van der Waals surface area contributed by atoms with Gasteiger partial charge in [0.2, 0.25) is 0 Å². The predicted molar refractivity (Wildman–Crippen MR) is 109 cm³/mol. The number of benzene rings is 3. The zero-order valence-electron chi connectivity index (χ0n) is 13.7. The van der Waals surface area contributed by atoms with Gasteiger partial charge in [0.1, 0.15) is 0 Å². The Morgan fingerprint density at radius 2 is 1.38 bits per heavy atom. The van der Waals surface area contributed by atoms with E-state index in [9.17, 15) is 8.42 Å². The Morgan fingerprint density at radius 1 is 0.808 bits per heavy atom. The van der Waals surface area contributed by atoms with E-state index in [1.807, 2.05) is 72.1 Å². The molecule has 6 heteroatoms. The molecule has 0 aromatic heterocycles. The molecule has 0 amide bonds. The topological polar surface area (TPSA) is 46.5 Å². The van der Waals surface area contributed by atoms with Gasteiger partial charge in [0, 0.05) is 9.92 Å². The SMILES string of the molecule is O=S(=O)(N=S(/C=C/c1ccccc1)c1ccccc1)c1ccc(Cl)cc1. The van der Waals surface area contributed by atoms with Gasteiger partial charge in [-0.15, -0.1) is 3.77 Å². The zero-order chi connectivity index (χ0) is 18.4. The third-order valence-electron chi connectivity index (χ3n) is 3.46. The van der Waals surface area contributed by atoms with Crippen molar-refractivity contribution in [2.24, 2.45) is 3.77 Å². The van der Waals surface area contributed by atoms with Crippen molar-refractivity contribution in [3.05, 3.63) is 101 Å². The first-order valence-corrected chi connectivity index (χ1v) is 10.9. The monoisotopic (exact) mass is 401 g/mol. The average Bonchev–Trinajstić information content (AvgIpc) is 2.67. The lowest BCUT2D eigenvalue weighted by atomic mass is 10.2. The van der Waals surface area contributed by atoms with Crippen LogP contribution in [0.2, 0.25) is 5.02 Å². The van der Waals surface area contributed by atoms with Gasteiger partial charge in [-0.05, 0) is 64.1 Å². The van der Waals surface area contributed by atoms with Crippen molar-refractivity contribution in [3.8, 4) is 0 Å². The lowest BCUT2D eigenvalue weighted by Gasteiger charge is -2.05. The summed E-state index contributed by atoms with van der Waals surface area (Å²) in [5.41, 5.74) is 0.986. The van der Waals surface area contributed by atoms with E-state index in [0.717, 1.165) is 10.5 Å². The summed E-state index contributed by atoms with van der Waals surface area (Å²) in [6.45, 7) is 0. The van der Waals surface area contributed by atoms with Gasteiger partial charge in [-0.3, -0.25) is 0 Å². The molecule has 26 heavy (non-hydrogen) atoms. The van der Waals surface area contributed by atoms with Gasteiger partial charge in [0.15, 0.2) is 0 Å². The molecule has 0 radical (unpaired) electrons. The minimum atomic E-state index is -3.80. The van der Waals surface area contributed by atoms with Gasteiger partial charge in [-0.2, -0.15) is 8.42 Å². The smallest absolute Gasteiger partial charge is 0.199 e. The van der Waals surface area contributed by atoms with E-state index in [1.54, 1.807) is 12.1 Å². The summed E-state index contributed by atoms with van der Waals surface area (Å²) in [6.07, 6.45) is 1.89. The maximum Gasteiger partial charge on any atom is 0.288 e. The molecule has 0 aliphatic rings. The van der Waals surface area contributed by atoms with Gasteiger partial charge < -0.3 is 0 Å². The molecule has 1 unspecified atom stereocenters. The van der Waals surface area contributed by atoms with E-state index in [4.69, 9.17) is 11.6 Å². The van der Waals surface area contributed by atoms with Crippen LogP contribution in [0.25, 0.3) is 6.08 Å². The normalized spacial score (nSPS) is 13.1. The molecule has 0 saturated heterocycles. The maximum atomic E-state index is 12.7. The van der Waals surface area contributed by atoms with Gasteiger partial charge >= 0.3 is 0 Å². The molecule has 0 saturated carbocycles. The van der Waals surface area contributed by atoms with E-state index in [1.165, 1.54) is 12.1 Å². The molecule has 132 valence electrons. The van der Waals surface area contributed by atoms with E-state index >= 15 is 0 Å². The van der Waals surface area contributed by atoms with Crippen LogP contribution in [0.5, 0.6) is 0 Å². The quantitative estimate of drug-likeness (QED) is 0.561. The third-order valence-corrected chi connectivity index (χ3v) is 7.16. The number of hydrogen-bond acceptors (Lipinski definition) is 2. The first-order valence-electron chi connectivity index (χ1n) is 7.80. The average molecular weight is 402 g/mol. The summed E-state index contributed by atoms with van der Waals surface area (Å²) in [7, 11) is -4.74. The molecule has 3 nitrogen and oxygen atoms in total. The molecule has 3 aromatic rings. The highest BCUT2D eigenvalue weighted by Gasteiger charge is 2.14. The number of nitrogens with zero attached hydrogens (tertiary/aromatic N) is 1. The number of sulfonamides is 1. The van der Waals surface area contributed by atoms with Crippen molar-refractivity contribution >= 4 is 38.4 Å². The molecule has 0 bridgehead atoms. The highest BCUT2D eigenvalue weighted by Crippen LogP contribution is 2.20. The Kier molecular flexibility index (Phi) is 6.04. The van der Waals surface area contributed by atoms with Gasteiger partial charge in [0.05, 0.1) is 4.90 Å². The van der Waals surface area contributed by atoms with Crippen molar-refractivity contribution in [2.75, 3.05) is 0 Å². The van der Waals surface area contributed by atoms with Crippen LogP contribution < -0.4 is 0 Å². The van der Waals surface area contributed by atoms with E-state index in [0.29, 0.717) is 5.02 Å². The summed E-state index contributed by atoms with van der Waals surface area (Å²) in [6, 6.07) is 25.1. The Bertz CT molecular complexity index is 1030. The lowest BCUT2D eigenvalue weighted by molar-refractivity contribution is 0.598. The lowest BCUT2D eigenvalue weighted by Crippen LogP contribution is -1.99. The van der Waals surface area contributed by atoms with Crippen LogP contribution in [0.4, 0.5) is 0 Å². The van der Waals surface area contributed by atoms with Crippen LogP contribution in [0.15, 0.2) is 104 Å². The number of rotatable bonds is 5. The van der Waals surface area contributed by atoms with Crippen LogP contribution in [-0.2, 0) is 20.7 Å².